The number of aliphatic imine (C=N–C) groups is 1. The molecule has 0 heterocycles. The molecule has 0 unspecified atom stereocenters. The van der Waals surface area contributed by atoms with E-state index >= 15 is 0 Å². The fourth-order valence-electron chi connectivity index (χ4n) is 1.02. The van der Waals surface area contributed by atoms with Crippen LogP contribution < -0.4 is 10.5 Å². The van der Waals surface area contributed by atoms with Crippen molar-refractivity contribution in [2.75, 3.05) is 0 Å². The highest BCUT2D eigenvalue weighted by Gasteiger charge is 2.32. The first kappa shape index (κ1) is 13.8. The molecule has 0 aliphatic carbocycles. The number of hydrogen-bond acceptors (Lipinski definition) is 2. The van der Waals surface area contributed by atoms with Crippen molar-refractivity contribution in [2.24, 2.45) is 10.7 Å². The molecule has 0 saturated heterocycles. The van der Waals surface area contributed by atoms with Crippen molar-refractivity contribution in [1.82, 2.24) is 0 Å². The molecule has 0 fully saturated rings. The summed E-state index contributed by atoms with van der Waals surface area (Å²) < 4.78 is 40.8. The predicted octanol–water partition coefficient (Wildman–Crippen LogP) is 3.75. The minimum atomic E-state index is -4.76. The number of nitrogens with two attached hydrogens (primary N) is 1. The van der Waals surface area contributed by atoms with Gasteiger partial charge in [-0.3, -0.25) is 0 Å². The van der Waals surface area contributed by atoms with E-state index in [9.17, 15) is 13.2 Å². The maximum Gasteiger partial charge on any atom is 0.573 e. The van der Waals surface area contributed by atoms with Gasteiger partial charge >= 0.3 is 6.36 Å². The summed E-state index contributed by atoms with van der Waals surface area (Å²) in [4.78, 5) is 3.85. The monoisotopic (exact) mass is 310 g/mol. The molecular formula is C10H10BrF3N2O. The van der Waals surface area contributed by atoms with Crippen molar-refractivity contribution in [1.29, 1.82) is 0 Å². The van der Waals surface area contributed by atoms with Crippen molar-refractivity contribution >= 4 is 27.5 Å². The van der Waals surface area contributed by atoms with Crippen molar-refractivity contribution in [2.45, 2.75) is 19.7 Å². The van der Waals surface area contributed by atoms with E-state index in [-0.39, 0.29) is 17.3 Å². The normalized spacial score (nSPS) is 12.6. The van der Waals surface area contributed by atoms with Crippen LogP contribution in [0.25, 0.3) is 0 Å². The standard InChI is InChI=1S/C10H10BrF3N2O/c1-2-9(15)16-7-4-3-6(11)5-8(7)17-10(12,13)14/h3-5H,2H2,1H3,(H2,15,16). The fourth-order valence-corrected chi connectivity index (χ4v) is 1.36. The molecule has 7 heteroatoms. The number of benzene rings is 1. The zero-order valence-corrected chi connectivity index (χ0v) is 10.5. The SMILES string of the molecule is CCC(N)=Nc1ccc(Br)cc1OC(F)(F)F. The van der Waals surface area contributed by atoms with Gasteiger partial charge in [0.15, 0.2) is 5.75 Å². The average Bonchev–Trinajstić information content (AvgIpc) is 2.19. The first-order valence-electron chi connectivity index (χ1n) is 4.70. The Bertz CT molecular complexity index is 432. The van der Waals surface area contributed by atoms with Crippen LogP contribution in [0.1, 0.15) is 13.3 Å². The quantitative estimate of drug-likeness (QED) is 0.683. The van der Waals surface area contributed by atoms with Crippen LogP contribution in [0.4, 0.5) is 18.9 Å². The van der Waals surface area contributed by atoms with E-state index in [1.54, 1.807) is 13.0 Å². The first-order valence-corrected chi connectivity index (χ1v) is 5.49. The molecule has 0 aliphatic heterocycles. The zero-order chi connectivity index (χ0) is 13.1. The molecule has 0 aliphatic rings. The van der Waals surface area contributed by atoms with Crippen molar-refractivity contribution in [3.05, 3.63) is 22.7 Å². The molecule has 1 rings (SSSR count). The fraction of sp³-hybridized carbons (Fsp3) is 0.300. The Morgan fingerprint density at radius 2 is 2.12 bits per heavy atom. The Morgan fingerprint density at radius 3 is 2.65 bits per heavy atom. The van der Waals surface area contributed by atoms with E-state index in [1.165, 1.54) is 12.1 Å². The highest BCUT2D eigenvalue weighted by molar-refractivity contribution is 9.10. The molecule has 17 heavy (non-hydrogen) atoms. The Morgan fingerprint density at radius 1 is 1.47 bits per heavy atom. The average molecular weight is 311 g/mol. The van der Waals surface area contributed by atoms with E-state index in [0.717, 1.165) is 0 Å². The summed E-state index contributed by atoms with van der Waals surface area (Å²) in [5.41, 5.74) is 5.52. The lowest BCUT2D eigenvalue weighted by molar-refractivity contribution is -0.274. The molecule has 0 aromatic heterocycles. The van der Waals surface area contributed by atoms with Crippen molar-refractivity contribution in [3.8, 4) is 5.75 Å². The van der Waals surface area contributed by atoms with Crippen LogP contribution in [0.2, 0.25) is 0 Å². The summed E-state index contributed by atoms with van der Waals surface area (Å²) >= 11 is 3.06. The second kappa shape index (κ2) is 5.39. The molecule has 1 aromatic rings. The third-order valence-corrected chi connectivity index (χ3v) is 2.27. The van der Waals surface area contributed by atoms with Crippen LogP contribution >= 0.6 is 15.9 Å². The minimum Gasteiger partial charge on any atom is -0.403 e. The molecule has 0 saturated carbocycles. The number of hydrogen-bond donors (Lipinski definition) is 1. The van der Waals surface area contributed by atoms with Gasteiger partial charge in [-0.15, -0.1) is 13.2 Å². The van der Waals surface area contributed by atoms with E-state index < -0.39 is 6.36 Å². The van der Waals surface area contributed by atoms with E-state index in [4.69, 9.17) is 5.73 Å². The lowest BCUT2D eigenvalue weighted by Crippen LogP contribution is -2.17. The number of amidine groups is 1. The van der Waals surface area contributed by atoms with Crippen LogP contribution in [0.5, 0.6) is 5.75 Å². The summed E-state index contributed by atoms with van der Waals surface area (Å²) in [5, 5.41) is 0. The molecule has 2 N–H and O–H groups in total. The van der Waals surface area contributed by atoms with Crippen LogP contribution in [0, 0.1) is 0 Å². The summed E-state index contributed by atoms with van der Waals surface area (Å²) in [7, 11) is 0. The second-order valence-corrected chi connectivity index (χ2v) is 4.03. The third-order valence-electron chi connectivity index (χ3n) is 1.77. The summed E-state index contributed by atoms with van der Waals surface area (Å²) in [5.74, 6) is -0.150. The van der Waals surface area contributed by atoms with E-state index in [1.807, 2.05) is 0 Å². The van der Waals surface area contributed by atoms with Crippen LogP contribution in [-0.4, -0.2) is 12.2 Å². The van der Waals surface area contributed by atoms with Crippen molar-refractivity contribution in [3.63, 3.8) is 0 Å². The number of nitrogens with zero attached hydrogens (tertiary/aromatic N) is 1. The van der Waals surface area contributed by atoms with Gasteiger partial charge in [-0.25, -0.2) is 4.99 Å². The lowest BCUT2D eigenvalue weighted by Gasteiger charge is -2.11. The van der Waals surface area contributed by atoms with Gasteiger partial charge in [0, 0.05) is 10.9 Å². The van der Waals surface area contributed by atoms with Gasteiger partial charge in [-0.05, 0) is 18.2 Å². The summed E-state index contributed by atoms with van der Waals surface area (Å²) in [6.07, 6.45) is -4.31. The maximum absolute atomic E-state index is 12.2. The molecule has 0 atom stereocenters. The van der Waals surface area contributed by atoms with Gasteiger partial charge in [0.2, 0.25) is 0 Å². The van der Waals surface area contributed by atoms with E-state index in [0.29, 0.717) is 10.9 Å². The summed E-state index contributed by atoms with van der Waals surface area (Å²) in [6, 6.07) is 4.15. The number of ether oxygens (including phenoxy) is 1. The molecule has 0 radical (unpaired) electrons. The molecular weight excluding hydrogens is 301 g/mol. The molecule has 1 aromatic carbocycles. The van der Waals surface area contributed by atoms with E-state index in [2.05, 4.69) is 25.7 Å². The zero-order valence-electron chi connectivity index (χ0n) is 8.88. The largest absolute Gasteiger partial charge is 0.573 e. The predicted molar refractivity (Wildman–Crippen MR) is 62.4 cm³/mol. The molecule has 3 nitrogen and oxygen atoms in total. The smallest absolute Gasteiger partial charge is 0.403 e. The minimum absolute atomic E-state index is 0.0462. The number of halogens is 4. The van der Waals surface area contributed by atoms with Gasteiger partial charge in [0.25, 0.3) is 0 Å². The Balaban J connectivity index is 3.13. The van der Waals surface area contributed by atoms with Gasteiger partial charge in [0.05, 0.1) is 5.84 Å². The van der Waals surface area contributed by atoms with Gasteiger partial charge in [0.1, 0.15) is 5.69 Å². The Kier molecular flexibility index (Phi) is 4.39. The van der Waals surface area contributed by atoms with Crippen molar-refractivity contribution < 1.29 is 17.9 Å². The molecule has 0 amide bonds. The number of rotatable bonds is 3. The summed E-state index contributed by atoms with van der Waals surface area (Å²) in [6.45, 7) is 1.75. The molecule has 0 bridgehead atoms. The van der Waals surface area contributed by atoms with Crippen LogP contribution in [0.15, 0.2) is 27.7 Å². The molecule has 94 valence electrons. The van der Waals surface area contributed by atoms with Gasteiger partial charge in [-0.2, -0.15) is 0 Å². The number of alkyl halides is 3. The topological polar surface area (TPSA) is 47.6 Å². The lowest BCUT2D eigenvalue weighted by atomic mass is 10.3. The Hall–Kier alpha value is -1.24. The highest BCUT2D eigenvalue weighted by Crippen LogP contribution is 2.34. The Labute approximate surface area is 105 Å². The van der Waals surface area contributed by atoms with Gasteiger partial charge < -0.3 is 10.5 Å². The van der Waals surface area contributed by atoms with Gasteiger partial charge in [-0.1, -0.05) is 22.9 Å². The second-order valence-electron chi connectivity index (χ2n) is 3.12. The van der Waals surface area contributed by atoms with Crippen LogP contribution in [0.3, 0.4) is 0 Å². The highest BCUT2D eigenvalue weighted by atomic mass is 79.9. The maximum atomic E-state index is 12.2. The third kappa shape index (κ3) is 4.64. The molecule has 0 spiro atoms. The van der Waals surface area contributed by atoms with Crippen LogP contribution in [-0.2, 0) is 0 Å². The first-order chi connectivity index (χ1) is 7.81.